The lowest BCUT2D eigenvalue weighted by molar-refractivity contribution is -0.117. The average Bonchev–Trinajstić information content (AvgIpc) is 3.14. The zero-order valence-electron chi connectivity index (χ0n) is 13.0. The number of benzene rings is 1. The van der Waals surface area contributed by atoms with E-state index in [1.807, 2.05) is 31.2 Å². The number of nitrogens with zero attached hydrogens (tertiary/aromatic N) is 3. The number of carbonyl (C=O) groups is 2. The number of alkyl halides is 3. The van der Waals surface area contributed by atoms with Crippen LogP contribution in [-0.2, 0) is 9.59 Å². The average molecular weight is 420 g/mol. The van der Waals surface area contributed by atoms with Crippen molar-refractivity contribution in [3.05, 3.63) is 34.8 Å². The minimum atomic E-state index is -2.07. The van der Waals surface area contributed by atoms with E-state index < -0.39 is 9.70 Å². The SMILES string of the molecule is Cc1ccccc1N1CC(c2nnc(NC(=O)C(Cl)(Cl)Cl)s2)CC1=O. The Morgan fingerprint density at radius 1 is 1.32 bits per heavy atom. The lowest BCUT2D eigenvalue weighted by atomic mass is 10.1. The van der Waals surface area contributed by atoms with Crippen LogP contribution in [0.25, 0.3) is 0 Å². The minimum absolute atomic E-state index is 0.0291. The van der Waals surface area contributed by atoms with E-state index in [0.29, 0.717) is 18.0 Å². The zero-order chi connectivity index (χ0) is 18.2. The lowest BCUT2D eigenvalue weighted by Crippen LogP contribution is -2.26. The van der Waals surface area contributed by atoms with Gasteiger partial charge in [0.1, 0.15) is 5.01 Å². The van der Waals surface area contributed by atoms with Crippen molar-refractivity contribution >= 4 is 68.8 Å². The van der Waals surface area contributed by atoms with Crippen LogP contribution in [0.4, 0.5) is 10.8 Å². The number of halogens is 3. The molecule has 0 radical (unpaired) electrons. The number of nitrogens with one attached hydrogen (secondary N) is 1. The van der Waals surface area contributed by atoms with Gasteiger partial charge in [-0.3, -0.25) is 14.9 Å². The highest BCUT2D eigenvalue weighted by Gasteiger charge is 2.35. The number of aromatic nitrogens is 2. The van der Waals surface area contributed by atoms with Crippen molar-refractivity contribution in [2.75, 3.05) is 16.8 Å². The molecule has 2 heterocycles. The van der Waals surface area contributed by atoms with Gasteiger partial charge in [0.15, 0.2) is 0 Å². The van der Waals surface area contributed by atoms with Crippen molar-refractivity contribution in [2.45, 2.75) is 23.1 Å². The summed E-state index contributed by atoms with van der Waals surface area (Å²) < 4.78 is -2.07. The number of anilines is 2. The second-order valence-corrected chi connectivity index (χ2v) is 8.88. The summed E-state index contributed by atoms with van der Waals surface area (Å²) in [5.74, 6) is -0.867. The van der Waals surface area contributed by atoms with Crippen LogP contribution < -0.4 is 10.2 Å². The maximum absolute atomic E-state index is 12.4. The molecule has 2 amide bonds. The molecule has 132 valence electrons. The topological polar surface area (TPSA) is 75.2 Å². The van der Waals surface area contributed by atoms with Gasteiger partial charge in [-0.25, -0.2) is 0 Å². The molecule has 1 aliphatic heterocycles. The number of hydrogen-bond acceptors (Lipinski definition) is 5. The van der Waals surface area contributed by atoms with Crippen molar-refractivity contribution in [1.82, 2.24) is 10.2 Å². The summed E-state index contributed by atoms with van der Waals surface area (Å²) in [6, 6.07) is 7.72. The highest BCUT2D eigenvalue weighted by atomic mass is 35.6. The number of para-hydroxylation sites is 1. The summed E-state index contributed by atoms with van der Waals surface area (Å²) >= 11 is 17.7. The van der Waals surface area contributed by atoms with Crippen molar-refractivity contribution in [2.24, 2.45) is 0 Å². The molecule has 2 aromatic rings. The quantitative estimate of drug-likeness (QED) is 0.770. The van der Waals surface area contributed by atoms with Gasteiger partial charge in [0.25, 0.3) is 9.70 Å². The van der Waals surface area contributed by atoms with E-state index in [1.165, 1.54) is 11.3 Å². The molecule has 1 aromatic carbocycles. The van der Waals surface area contributed by atoms with E-state index in [1.54, 1.807) is 4.90 Å². The summed E-state index contributed by atoms with van der Waals surface area (Å²) in [6.07, 6.45) is 0.335. The fourth-order valence-corrected chi connectivity index (χ4v) is 3.56. The van der Waals surface area contributed by atoms with Crippen molar-refractivity contribution in [1.29, 1.82) is 0 Å². The third-order valence-electron chi connectivity index (χ3n) is 3.80. The van der Waals surface area contributed by atoms with Crippen molar-refractivity contribution < 1.29 is 9.59 Å². The molecule has 3 rings (SSSR count). The fourth-order valence-electron chi connectivity index (χ4n) is 2.59. The molecule has 0 saturated carbocycles. The first kappa shape index (κ1) is 18.4. The van der Waals surface area contributed by atoms with Gasteiger partial charge in [0.2, 0.25) is 11.0 Å². The molecule has 1 aromatic heterocycles. The zero-order valence-corrected chi connectivity index (χ0v) is 16.1. The number of carbonyl (C=O) groups excluding carboxylic acids is 2. The van der Waals surface area contributed by atoms with Crippen LogP contribution >= 0.6 is 46.1 Å². The van der Waals surface area contributed by atoms with E-state index in [9.17, 15) is 9.59 Å². The minimum Gasteiger partial charge on any atom is -0.311 e. The summed E-state index contributed by atoms with van der Waals surface area (Å²) in [5, 5.41) is 11.2. The monoisotopic (exact) mass is 418 g/mol. The smallest absolute Gasteiger partial charge is 0.278 e. The predicted octanol–water partition coefficient (Wildman–Crippen LogP) is 3.68. The van der Waals surface area contributed by atoms with Crippen molar-refractivity contribution in [3.8, 4) is 0 Å². The lowest BCUT2D eigenvalue weighted by Gasteiger charge is -2.18. The molecule has 0 aliphatic carbocycles. The Labute approximate surface area is 163 Å². The van der Waals surface area contributed by atoms with Crippen LogP contribution in [0.3, 0.4) is 0 Å². The van der Waals surface area contributed by atoms with Crippen LogP contribution in [0.5, 0.6) is 0 Å². The summed E-state index contributed by atoms with van der Waals surface area (Å²) in [4.78, 5) is 25.8. The van der Waals surface area contributed by atoms with E-state index >= 15 is 0 Å². The van der Waals surface area contributed by atoms with Gasteiger partial charge >= 0.3 is 0 Å². The number of rotatable bonds is 3. The van der Waals surface area contributed by atoms with E-state index in [2.05, 4.69) is 15.5 Å². The van der Waals surface area contributed by atoms with Gasteiger partial charge in [0, 0.05) is 24.6 Å². The highest BCUT2D eigenvalue weighted by molar-refractivity contribution is 7.15. The fraction of sp³-hybridized carbons (Fsp3) is 0.333. The van der Waals surface area contributed by atoms with Gasteiger partial charge in [-0.05, 0) is 18.6 Å². The summed E-state index contributed by atoms with van der Waals surface area (Å²) in [7, 11) is 0. The van der Waals surface area contributed by atoms with E-state index in [0.717, 1.165) is 11.3 Å². The molecule has 6 nitrogen and oxygen atoms in total. The van der Waals surface area contributed by atoms with Gasteiger partial charge in [-0.1, -0.05) is 64.3 Å². The first-order valence-electron chi connectivity index (χ1n) is 7.33. The Morgan fingerprint density at radius 3 is 2.72 bits per heavy atom. The van der Waals surface area contributed by atoms with Crippen LogP contribution in [0.2, 0.25) is 0 Å². The normalized spacial score (nSPS) is 17.8. The first-order valence-corrected chi connectivity index (χ1v) is 9.28. The van der Waals surface area contributed by atoms with Crippen LogP contribution in [0, 0.1) is 6.92 Å². The van der Waals surface area contributed by atoms with Gasteiger partial charge in [-0.2, -0.15) is 0 Å². The molecule has 1 N–H and O–H groups in total. The third-order valence-corrected chi connectivity index (χ3v) is 5.32. The molecule has 1 atom stereocenters. The van der Waals surface area contributed by atoms with Gasteiger partial charge in [-0.15, -0.1) is 10.2 Å². The number of hydrogen-bond donors (Lipinski definition) is 1. The molecule has 25 heavy (non-hydrogen) atoms. The first-order chi connectivity index (χ1) is 11.8. The number of amides is 2. The standard InChI is InChI=1S/C15H13Cl3N4O2S/c1-8-4-2-3-5-10(8)22-7-9(6-11(22)23)12-20-21-14(25-12)19-13(24)15(16,17)18/h2-5,9H,6-7H2,1H3,(H,19,21,24). The van der Waals surface area contributed by atoms with E-state index in [-0.39, 0.29) is 17.0 Å². The Morgan fingerprint density at radius 2 is 2.04 bits per heavy atom. The highest BCUT2D eigenvalue weighted by Crippen LogP contribution is 2.36. The second kappa shape index (κ2) is 7.07. The molecule has 1 aliphatic rings. The Hall–Kier alpha value is -1.41. The van der Waals surface area contributed by atoms with Crippen LogP contribution in [0.1, 0.15) is 22.9 Å². The maximum Gasteiger partial charge on any atom is 0.278 e. The summed E-state index contributed by atoms with van der Waals surface area (Å²) in [6.45, 7) is 2.47. The predicted molar refractivity (Wildman–Crippen MR) is 99.7 cm³/mol. The molecule has 10 heteroatoms. The largest absolute Gasteiger partial charge is 0.311 e. The Kier molecular flexibility index (Phi) is 5.20. The molecule has 0 bridgehead atoms. The molecule has 0 spiro atoms. The van der Waals surface area contributed by atoms with Gasteiger partial charge in [0.05, 0.1) is 0 Å². The van der Waals surface area contributed by atoms with Crippen LogP contribution in [-0.4, -0.2) is 32.3 Å². The molecular weight excluding hydrogens is 407 g/mol. The second-order valence-electron chi connectivity index (χ2n) is 5.59. The molecule has 1 saturated heterocycles. The Bertz CT molecular complexity index is 821. The molecule has 1 unspecified atom stereocenters. The van der Waals surface area contributed by atoms with Crippen LogP contribution in [0.15, 0.2) is 24.3 Å². The molecular formula is C15H13Cl3N4O2S. The molecule has 1 fully saturated rings. The maximum atomic E-state index is 12.4. The Balaban J connectivity index is 1.73. The van der Waals surface area contributed by atoms with E-state index in [4.69, 9.17) is 34.8 Å². The summed E-state index contributed by atoms with van der Waals surface area (Å²) in [5.41, 5.74) is 1.92. The van der Waals surface area contributed by atoms with Crippen molar-refractivity contribution in [3.63, 3.8) is 0 Å². The van der Waals surface area contributed by atoms with Gasteiger partial charge < -0.3 is 4.90 Å². The third kappa shape index (κ3) is 4.06. The number of aryl methyl sites for hydroxylation is 1.